The van der Waals surface area contributed by atoms with Gasteiger partial charge >= 0.3 is 5.97 Å². The molecule has 4 rings (SSSR count). The summed E-state index contributed by atoms with van der Waals surface area (Å²) in [6.45, 7) is 3.58. The number of benzene rings is 1. The molecule has 1 aromatic carbocycles. The highest BCUT2D eigenvalue weighted by Crippen LogP contribution is 2.38. The first-order valence-corrected chi connectivity index (χ1v) is 11.0. The van der Waals surface area contributed by atoms with Crippen LogP contribution < -0.4 is 10.2 Å². The van der Waals surface area contributed by atoms with Crippen LogP contribution in [0, 0.1) is 0 Å². The van der Waals surface area contributed by atoms with Gasteiger partial charge in [0.1, 0.15) is 5.00 Å². The molecular formula is C21H25N3O2S2. The summed E-state index contributed by atoms with van der Waals surface area (Å²) < 4.78 is 5.06. The number of methoxy groups -OCH3 is 1. The van der Waals surface area contributed by atoms with Gasteiger partial charge in [0.15, 0.2) is 5.11 Å². The van der Waals surface area contributed by atoms with Crippen LogP contribution in [0.25, 0.3) is 0 Å². The summed E-state index contributed by atoms with van der Waals surface area (Å²) in [5.74, 6) is -0.265. The van der Waals surface area contributed by atoms with Gasteiger partial charge < -0.3 is 19.9 Å². The van der Waals surface area contributed by atoms with Crippen molar-refractivity contribution in [3.8, 4) is 0 Å². The molecule has 0 atom stereocenters. The summed E-state index contributed by atoms with van der Waals surface area (Å²) in [5.41, 5.74) is 3.09. The van der Waals surface area contributed by atoms with E-state index in [1.165, 1.54) is 24.1 Å². The third-order valence-corrected chi connectivity index (χ3v) is 7.04. The summed E-state index contributed by atoms with van der Waals surface area (Å²) in [4.78, 5) is 18.3. The number of nitrogens with zero attached hydrogens (tertiary/aromatic N) is 2. The topological polar surface area (TPSA) is 44.8 Å². The number of nitrogens with one attached hydrogen (secondary N) is 1. The number of esters is 1. The van der Waals surface area contributed by atoms with Gasteiger partial charge in [-0.05, 0) is 55.6 Å². The molecule has 0 radical (unpaired) electrons. The smallest absolute Gasteiger partial charge is 0.341 e. The third-order valence-electron chi connectivity index (χ3n) is 5.47. The summed E-state index contributed by atoms with van der Waals surface area (Å²) in [6, 6.07) is 10.5. The van der Waals surface area contributed by atoms with Crippen molar-refractivity contribution in [2.24, 2.45) is 0 Å². The van der Waals surface area contributed by atoms with Gasteiger partial charge in [-0.15, -0.1) is 11.3 Å². The Labute approximate surface area is 175 Å². The highest BCUT2D eigenvalue weighted by molar-refractivity contribution is 7.80. The Hall–Kier alpha value is -2.12. The maximum Gasteiger partial charge on any atom is 0.341 e. The minimum absolute atomic E-state index is 0.265. The predicted molar refractivity (Wildman–Crippen MR) is 119 cm³/mol. The lowest BCUT2D eigenvalue weighted by Crippen LogP contribution is -2.50. The van der Waals surface area contributed by atoms with Gasteiger partial charge in [-0.1, -0.05) is 18.2 Å². The van der Waals surface area contributed by atoms with E-state index in [9.17, 15) is 4.79 Å². The highest BCUT2D eigenvalue weighted by atomic mass is 32.1. The number of anilines is 2. The second-order valence-corrected chi connectivity index (χ2v) is 8.64. The number of ether oxygens (including phenoxy) is 1. The van der Waals surface area contributed by atoms with Crippen LogP contribution in [0.5, 0.6) is 0 Å². The average Bonchev–Trinajstić information content (AvgIpc) is 3.11. The molecule has 0 saturated carbocycles. The molecule has 1 fully saturated rings. The molecule has 1 aliphatic heterocycles. The predicted octanol–water partition coefficient (Wildman–Crippen LogP) is 3.93. The number of thiophene rings is 1. The normalized spacial score (nSPS) is 16.5. The van der Waals surface area contributed by atoms with E-state index in [-0.39, 0.29) is 5.97 Å². The summed E-state index contributed by atoms with van der Waals surface area (Å²) in [6.07, 6.45) is 4.28. The van der Waals surface area contributed by atoms with Crippen molar-refractivity contribution in [3.05, 3.63) is 46.3 Å². The number of hydrogen-bond donors (Lipinski definition) is 1. The zero-order chi connectivity index (χ0) is 19.5. The van der Waals surface area contributed by atoms with E-state index in [2.05, 4.69) is 39.4 Å². The van der Waals surface area contributed by atoms with E-state index >= 15 is 0 Å². The van der Waals surface area contributed by atoms with E-state index in [4.69, 9.17) is 17.0 Å². The van der Waals surface area contributed by atoms with E-state index in [0.29, 0.717) is 10.7 Å². The maximum absolute atomic E-state index is 12.4. The molecule has 2 aliphatic rings. The molecule has 1 N–H and O–H groups in total. The van der Waals surface area contributed by atoms with Crippen molar-refractivity contribution >= 4 is 45.3 Å². The minimum atomic E-state index is -0.265. The molecule has 1 aromatic heterocycles. The minimum Gasteiger partial charge on any atom is -0.465 e. The van der Waals surface area contributed by atoms with Gasteiger partial charge in [-0.25, -0.2) is 4.79 Å². The quantitative estimate of drug-likeness (QED) is 0.605. The van der Waals surface area contributed by atoms with Gasteiger partial charge in [0, 0.05) is 36.7 Å². The van der Waals surface area contributed by atoms with Crippen molar-refractivity contribution in [2.75, 3.05) is 43.5 Å². The van der Waals surface area contributed by atoms with Crippen molar-refractivity contribution in [1.29, 1.82) is 0 Å². The second kappa shape index (κ2) is 8.49. The SMILES string of the molecule is COC(=O)c1c(NC(=S)N2CCN(c3ccccc3)CC2)sc2c1CCCC2. The van der Waals surface area contributed by atoms with E-state index in [0.717, 1.165) is 56.0 Å². The second-order valence-electron chi connectivity index (χ2n) is 7.15. The molecule has 5 nitrogen and oxygen atoms in total. The largest absolute Gasteiger partial charge is 0.465 e. The fraction of sp³-hybridized carbons (Fsp3) is 0.429. The number of piperazine rings is 1. The molecule has 0 amide bonds. The summed E-state index contributed by atoms with van der Waals surface area (Å²) in [7, 11) is 1.44. The molecule has 28 heavy (non-hydrogen) atoms. The van der Waals surface area contributed by atoms with Crippen molar-refractivity contribution in [3.63, 3.8) is 0 Å². The Balaban J connectivity index is 1.44. The number of rotatable bonds is 3. The van der Waals surface area contributed by atoms with Crippen LogP contribution in [-0.4, -0.2) is 49.3 Å². The summed E-state index contributed by atoms with van der Waals surface area (Å²) >= 11 is 7.34. The lowest BCUT2D eigenvalue weighted by Gasteiger charge is -2.37. The monoisotopic (exact) mass is 415 g/mol. The number of para-hydroxylation sites is 1. The standard InChI is InChI=1S/C21H25N3O2S2/c1-26-20(25)18-16-9-5-6-10-17(16)28-19(18)22-21(27)24-13-11-23(12-14-24)15-7-3-2-4-8-15/h2-4,7-8H,5-6,9-14H2,1H3,(H,22,27). The first kappa shape index (κ1) is 19.2. The van der Waals surface area contributed by atoms with Gasteiger partial charge in [-0.3, -0.25) is 0 Å². The van der Waals surface area contributed by atoms with Crippen molar-refractivity contribution in [2.45, 2.75) is 25.7 Å². The number of thiocarbonyl (C=S) groups is 1. The lowest BCUT2D eigenvalue weighted by atomic mass is 9.95. The van der Waals surface area contributed by atoms with Gasteiger partial charge in [0.05, 0.1) is 12.7 Å². The van der Waals surface area contributed by atoms with Gasteiger partial charge in [-0.2, -0.15) is 0 Å². The fourth-order valence-electron chi connectivity index (χ4n) is 3.95. The lowest BCUT2D eigenvalue weighted by molar-refractivity contribution is 0.0601. The molecular weight excluding hydrogens is 390 g/mol. The maximum atomic E-state index is 12.4. The first-order chi connectivity index (χ1) is 13.7. The molecule has 0 unspecified atom stereocenters. The van der Waals surface area contributed by atoms with Crippen molar-refractivity contribution in [1.82, 2.24) is 4.90 Å². The number of aryl methyl sites for hydroxylation is 1. The Morgan fingerprint density at radius 3 is 2.54 bits per heavy atom. The van der Waals surface area contributed by atoms with Crippen LogP contribution >= 0.6 is 23.6 Å². The molecule has 0 bridgehead atoms. The van der Waals surface area contributed by atoms with Gasteiger partial charge in [0.25, 0.3) is 0 Å². The molecule has 2 heterocycles. The number of carbonyl (C=O) groups excluding carboxylic acids is 1. The van der Waals surface area contributed by atoms with E-state index in [1.807, 2.05) is 6.07 Å². The molecule has 7 heteroatoms. The average molecular weight is 416 g/mol. The van der Waals surface area contributed by atoms with Gasteiger partial charge in [0.2, 0.25) is 0 Å². The molecule has 1 saturated heterocycles. The molecule has 148 valence electrons. The fourth-order valence-corrected chi connectivity index (χ4v) is 5.58. The highest BCUT2D eigenvalue weighted by Gasteiger charge is 2.27. The van der Waals surface area contributed by atoms with E-state index in [1.54, 1.807) is 11.3 Å². The molecule has 0 spiro atoms. The Bertz CT molecular complexity index is 858. The van der Waals surface area contributed by atoms with Crippen molar-refractivity contribution < 1.29 is 9.53 Å². The van der Waals surface area contributed by atoms with Crippen LogP contribution in [0.1, 0.15) is 33.6 Å². The van der Waals surface area contributed by atoms with E-state index < -0.39 is 0 Å². The number of carbonyl (C=O) groups is 1. The van der Waals surface area contributed by atoms with Crippen LogP contribution in [0.4, 0.5) is 10.7 Å². The van der Waals surface area contributed by atoms with Crippen LogP contribution in [-0.2, 0) is 17.6 Å². The number of hydrogen-bond acceptors (Lipinski definition) is 5. The zero-order valence-electron chi connectivity index (χ0n) is 16.1. The van der Waals surface area contributed by atoms with Crippen LogP contribution in [0.15, 0.2) is 30.3 Å². The number of fused-ring (bicyclic) bond motifs is 1. The Kier molecular flexibility index (Phi) is 5.82. The first-order valence-electron chi connectivity index (χ1n) is 9.76. The molecule has 1 aliphatic carbocycles. The third kappa shape index (κ3) is 3.86. The summed E-state index contributed by atoms with van der Waals surface area (Å²) in [5, 5.41) is 4.90. The Morgan fingerprint density at radius 1 is 1.11 bits per heavy atom. The van der Waals surface area contributed by atoms with Crippen LogP contribution in [0.3, 0.4) is 0 Å². The molecule has 2 aromatic rings. The van der Waals surface area contributed by atoms with Crippen LogP contribution in [0.2, 0.25) is 0 Å². The Morgan fingerprint density at radius 2 is 1.82 bits per heavy atom. The zero-order valence-corrected chi connectivity index (χ0v) is 17.7.